The van der Waals surface area contributed by atoms with Gasteiger partial charge in [-0.05, 0) is 56.9 Å². The summed E-state index contributed by atoms with van der Waals surface area (Å²) < 4.78 is 37.2. The van der Waals surface area contributed by atoms with Gasteiger partial charge < -0.3 is 28.4 Å². The van der Waals surface area contributed by atoms with Gasteiger partial charge in [-0.2, -0.15) is 0 Å². The Hall–Kier alpha value is -4.32. The normalized spacial score (nSPS) is 32.3. The average Bonchev–Trinajstić information content (AvgIpc) is 3.16. The van der Waals surface area contributed by atoms with Crippen molar-refractivity contribution in [3.63, 3.8) is 0 Å². The number of pyridine rings is 1. The fourth-order valence-electron chi connectivity index (χ4n) is 7.86. The highest BCUT2D eigenvalue weighted by molar-refractivity contribution is 5.90. The predicted molar refractivity (Wildman–Crippen MR) is 159 cm³/mol. The van der Waals surface area contributed by atoms with Crippen LogP contribution in [0.3, 0.4) is 0 Å². The standard InChI is InChI=1S/C34H39NO11/c1-19-15-26(44-30(39)23-11-8-7-9-12-23)29(43-22(4)38)33(18-41-20(2)36)27(45-31(40)24-13-10-14-35-17-24)16-25-28(42-21(3)37)34(19,33)46-32(25,5)6/h7-14,17,19,25-29H,15-16,18H2,1-6H3. The van der Waals surface area contributed by atoms with Gasteiger partial charge in [0.15, 0.2) is 6.10 Å². The maximum Gasteiger partial charge on any atom is 0.340 e. The average molecular weight is 638 g/mol. The molecular weight excluding hydrogens is 598 g/mol. The number of nitrogens with zero attached hydrogens (tertiary/aromatic N) is 1. The number of carbonyl (C=O) groups excluding carboxylic acids is 5. The summed E-state index contributed by atoms with van der Waals surface area (Å²) in [5.74, 6) is -4.42. The second-order valence-corrected chi connectivity index (χ2v) is 12.8. The molecule has 0 amide bonds. The Labute approximate surface area is 267 Å². The molecule has 0 radical (unpaired) electrons. The van der Waals surface area contributed by atoms with Gasteiger partial charge in [0.25, 0.3) is 0 Å². The van der Waals surface area contributed by atoms with Crippen LogP contribution < -0.4 is 0 Å². The molecule has 2 aromatic rings. The molecular formula is C34H39NO11. The molecule has 8 unspecified atom stereocenters. The molecule has 12 nitrogen and oxygen atoms in total. The first-order chi connectivity index (χ1) is 21.7. The summed E-state index contributed by atoms with van der Waals surface area (Å²) in [4.78, 5) is 69.2. The molecule has 246 valence electrons. The molecule has 8 atom stereocenters. The summed E-state index contributed by atoms with van der Waals surface area (Å²) in [6, 6.07) is 11.4. The second-order valence-electron chi connectivity index (χ2n) is 12.8. The number of fused-ring (bicyclic) bond motifs is 1. The lowest BCUT2D eigenvalue weighted by Crippen LogP contribution is -2.78. The third kappa shape index (κ3) is 5.63. The zero-order valence-corrected chi connectivity index (χ0v) is 26.7. The maximum atomic E-state index is 13.7. The van der Waals surface area contributed by atoms with E-state index in [9.17, 15) is 24.0 Å². The number of esters is 5. The number of benzene rings is 1. The molecule has 2 saturated carbocycles. The predicted octanol–water partition coefficient (Wildman–Crippen LogP) is 3.85. The number of hydrogen-bond donors (Lipinski definition) is 0. The van der Waals surface area contributed by atoms with E-state index in [1.165, 1.54) is 33.2 Å². The van der Waals surface area contributed by atoms with Crippen LogP contribution in [0, 0.1) is 17.3 Å². The van der Waals surface area contributed by atoms with Crippen LogP contribution >= 0.6 is 0 Å². The third-order valence-electron chi connectivity index (χ3n) is 9.56. The smallest absolute Gasteiger partial charge is 0.340 e. The molecule has 3 aliphatic rings. The van der Waals surface area contributed by atoms with Gasteiger partial charge in [0.05, 0.1) is 16.7 Å². The Morgan fingerprint density at radius 2 is 1.43 bits per heavy atom. The van der Waals surface area contributed by atoms with E-state index in [1.807, 2.05) is 20.8 Å². The minimum Gasteiger partial charge on any atom is -0.465 e. The van der Waals surface area contributed by atoms with E-state index in [1.54, 1.807) is 42.5 Å². The molecule has 5 rings (SSSR count). The Morgan fingerprint density at radius 1 is 0.804 bits per heavy atom. The van der Waals surface area contributed by atoms with Gasteiger partial charge in [0.1, 0.15) is 35.9 Å². The number of aromatic nitrogens is 1. The van der Waals surface area contributed by atoms with Crippen molar-refractivity contribution in [3.8, 4) is 0 Å². The fraction of sp³-hybridized carbons (Fsp3) is 0.529. The van der Waals surface area contributed by atoms with Crippen molar-refractivity contribution < 1.29 is 52.4 Å². The minimum absolute atomic E-state index is 0.0732. The first-order valence-electron chi connectivity index (χ1n) is 15.3. The van der Waals surface area contributed by atoms with Gasteiger partial charge >= 0.3 is 29.8 Å². The molecule has 2 heterocycles. The van der Waals surface area contributed by atoms with Crippen LogP contribution in [0.2, 0.25) is 0 Å². The molecule has 3 fully saturated rings. The van der Waals surface area contributed by atoms with Crippen LogP contribution in [0.15, 0.2) is 54.9 Å². The van der Waals surface area contributed by atoms with Crippen LogP contribution in [0.4, 0.5) is 0 Å². The lowest BCUT2D eigenvalue weighted by Gasteiger charge is -2.63. The van der Waals surface area contributed by atoms with Gasteiger partial charge in [-0.15, -0.1) is 0 Å². The van der Waals surface area contributed by atoms with Gasteiger partial charge in [-0.25, -0.2) is 9.59 Å². The molecule has 1 spiro atoms. The second kappa shape index (κ2) is 12.5. The number of ether oxygens (including phenoxy) is 6. The largest absolute Gasteiger partial charge is 0.465 e. The summed E-state index contributed by atoms with van der Waals surface area (Å²) in [7, 11) is 0. The summed E-state index contributed by atoms with van der Waals surface area (Å²) in [6.07, 6.45) is -1.48. The van der Waals surface area contributed by atoms with E-state index < -0.39 is 89.3 Å². The molecule has 1 saturated heterocycles. The minimum atomic E-state index is -1.72. The summed E-state index contributed by atoms with van der Waals surface area (Å²) in [5.41, 5.74) is -3.76. The van der Waals surface area contributed by atoms with Crippen molar-refractivity contribution in [1.82, 2.24) is 4.98 Å². The molecule has 2 aliphatic carbocycles. The molecule has 1 aromatic heterocycles. The maximum absolute atomic E-state index is 13.7. The van der Waals surface area contributed by atoms with Crippen molar-refractivity contribution in [2.45, 2.75) is 90.0 Å². The van der Waals surface area contributed by atoms with Crippen molar-refractivity contribution in [1.29, 1.82) is 0 Å². The summed E-state index contributed by atoms with van der Waals surface area (Å²) in [5, 5.41) is 0. The van der Waals surface area contributed by atoms with Gasteiger partial charge in [0.2, 0.25) is 0 Å². The zero-order valence-electron chi connectivity index (χ0n) is 26.7. The van der Waals surface area contributed by atoms with Gasteiger partial charge in [-0.1, -0.05) is 25.1 Å². The number of hydrogen-bond acceptors (Lipinski definition) is 12. The Kier molecular flexibility index (Phi) is 8.96. The molecule has 0 N–H and O–H groups in total. The number of carbonyl (C=O) groups is 5. The lowest BCUT2D eigenvalue weighted by molar-refractivity contribution is -0.317. The number of rotatable bonds is 8. The monoisotopic (exact) mass is 637 g/mol. The van der Waals surface area contributed by atoms with Crippen molar-refractivity contribution in [2.75, 3.05) is 6.61 Å². The molecule has 1 aliphatic heterocycles. The quantitative estimate of drug-likeness (QED) is 0.305. The van der Waals surface area contributed by atoms with Crippen molar-refractivity contribution in [3.05, 3.63) is 66.0 Å². The van der Waals surface area contributed by atoms with Crippen molar-refractivity contribution >= 4 is 29.8 Å². The van der Waals surface area contributed by atoms with E-state index in [-0.39, 0.29) is 24.0 Å². The highest BCUT2D eigenvalue weighted by Crippen LogP contribution is 2.68. The van der Waals surface area contributed by atoms with Crippen LogP contribution in [-0.2, 0) is 42.8 Å². The first kappa shape index (κ1) is 33.1. The molecule has 12 heteroatoms. The Morgan fingerprint density at radius 3 is 2.04 bits per heavy atom. The highest BCUT2D eigenvalue weighted by atomic mass is 16.6. The van der Waals surface area contributed by atoms with E-state index in [4.69, 9.17) is 28.4 Å². The molecule has 2 bridgehead atoms. The lowest BCUT2D eigenvalue weighted by atomic mass is 9.47. The fourth-order valence-corrected chi connectivity index (χ4v) is 7.86. The summed E-state index contributed by atoms with van der Waals surface area (Å²) >= 11 is 0. The third-order valence-corrected chi connectivity index (χ3v) is 9.56. The van der Waals surface area contributed by atoms with E-state index >= 15 is 0 Å². The van der Waals surface area contributed by atoms with Crippen LogP contribution in [-0.4, -0.2) is 77.1 Å². The van der Waals surface area contributed by atoms with E-state index in [0.29, 0.717) is 0 Å². The van der Waals surface area contributed by atoms with Crippen LogP contribution in [0.5, 0.6) is 0 Å². The first-order valence-corrected chi connectivity index (χ1v) is 15.3. The van der Waals surface area contributed by atoms with Gasteiger partial charge in [-0.3, -0.25) is 19.4 Å². The van der Waals surface area contributed by atoms with E-state index in [0.717, 1.165) is 0 Å². The Bertz CT molecular complexity index is 1490. The van der Waals surface area contributed by atoms with E-state index in [2.05, 4.69) is 4.98 Å². The van der Waals surface area contributed by atoms with Gasteiger partial charge in [0, 0.05) is 39.1 Å². The van der Waals surface area contributed by atoms with Crippen molar-refractivity contribution in [2.24, 2.45) is 17.3 Å². The Balaban J connectivity index is 1.74. The molecule has 46 heavy (non-hydrogen) atoms. The van der Waals surface area contributed by atoms with Crippen LogP contribution in [0.25, 0.3) is 0 Å². The zero-order chi connectivity index (χ0) is 33.4. The SMILES string of the molecule is CC(=O)OCC12C(OC(=O)c3cccnc3)CC3C(OC(C)=O)C1(OC3(C)C)C(C)CC(OC(=O)c1ccccc1)C2OC(C)=O. The molecule has 1 aromatic carbocycles. The highest BCUT2D eigenvalue weighted by Gasteiger charge is 2.82. The van der Waals surface area contributed by atoms with Crippen LogP contribution in [0.1, 0.15) is 75.1 Å². The topological polar surface area (TPSA) is 154 Å². The summed E-state index contributed by atoms with van der Waals surface area (Å²) in [6.45, 7) is 8.76.